The molecule has 0 bridgehead atoms. The molecule has 8 heteroatoms. The molecule has 4 aromatic rings. The van der Waals surface area contributed by atoms with E-state index < -0.39 is 0 Å². The summed E-state index contributed by atoms with van der Waals surface area (Å²) in [6.07, 6.45) is 7.18. The van der Waals surface area contributed by atoms with Crippen LogP contribution in [0.25, 0.3) is 22.3 Å². The van der Waals surface area contributed by atoms with Gasteiger partial charge in [0, 0.05) is 46.9 Å². The third-order valence-electron chi connectivity index (χ3n) is 5.90. The molecule has 2 aromatic carbocycles. The van der Waals surface area contributed by atoms with Gasteiger partial charge < -0.3 is 9.62 Å². The highest BCUT2D eigenvalue weighted by atomic mass is 35.5. The standard InChI is InChI=1S/C26H24ClN5OS/c1-2-25(33)31-13-11-18(12-14-31)20-15-24-26(28-17-29-32(24)16-20)19-3-7-22(8-4-19)30-34-23-9-5-21(27)6-10-23/h3-11,15-17,30H,2,12-14H2,1H3. The van der Waals surface area contributed by atoms with E-state index in [0.717, 1.165) is 50.9 Å². The van der Waals surface area contributed by atoms with Gasteiger partial charge in [0.15, 0.2) is 0 Å². The second kappa shape index (κ2) is 9.91. The monoisotopic (exact) mass is 489 g/mol. The van der Waals surface area contributed by atoms with Gasteiger partial charge >= 0.3 is 0 Å². The van der Waals surface area contributed by atoms with Gasteiger partial charge in [-0.25, -0.2) is 9.50 Å². The first-order chi connectivity index (χ1) is 16.6. The second-order valence-electron chi connectivity index (χ2n) is 8.08. The van der Waals surface area contributed by atoms with Gasteiger partial charge in [-0.15, -0.1) is 0 Å². The van der Waals surface area contributed by atoms with Gasteiger partial charge in [-0.05, 0) is 72.0 Å². The highest BCUT2D eigenvalue weighted by molar-refractivity contribution is 8.00. The lowest BCUT2D eigenvalue weighted by Crippen LogP contribution is -2.33. The van der Waals surface area contributed by atoms with Gasteiger partial charge in [-0.3, -0.25) is 4.79 Å². The van der Waals surface area contributed by atoms with Gasteiger partial charge in [-0.2, -0.15) is 5.10 Å². The summed E-state index contributed by atoms with van der Waals surface area (Å²) >= 11 is 7.49. The number of hydrogen-bond acceptors (Lipinski definition) is 5. The summed E-state index contributed by atoms with van der Waals surface area (Å²) in [4.78, 5) is 19.5. The zero-order chi connectivity index (χ0) is 23.5. The lowest BCUT2D eigenvalue weighted by Gasteiger charge is -2.25. The number of aromatic nitrogens is 3. The van der Waals surface area contributed by atoms with E-state index in [4.69, 9.17) is 11.6 Å². The molecule has 3 heterocycles. The predicted octanol–water partition coefficient (Wildman–Crippen LogP) is 6.19. The number of hydrogen-bond donors (Lipinski definition) is 1. The molecular weight excluding hydrogens is 466 g/mol. The van der Waals surface area contributed by atoms with Crippen LogP contribution in [0.5, 0.6) is 0 Å². The normalized spacial score (nSPS) is 13.7. The van der Waals surface area contributed by atoms with Crippen molar-refractivity contribution in [3.8, 4) is 11.3 Å². The maximum Gasteiger partial charge on any atom is 0.222 e. The zero-order valence-corrected chi connectivity index (χ0v) is 20.3. The minimum atomic E-state index is 0.204. The molecular formula is C26H24ClN5OS. The number of benzene rings is 2. The van der Waals surface area contributed by atoms with Crippen LogP contribution < -0.4 is 4.72 Å². The Balaban J connectivity index is 1.34. The quantitative estimate of drug-likeness (QED) is 0.327. The van der Waals surface area contributed by atoms with Gasteiger partial charge in [0.25, 0.3) is 0 Å². The SMILES string of the molecule is CCC(=O)N1CC=C(c2cc3c(-c4ccc(NSc5ccc(Cl)cc5)cc4)ncnn3c2)CC1. The van der Waals surface area contributed by atoms with Gasteiger partial charge in [-0.1, -0.05) is 36.7 Å². The number of carbonyl (C=O) groups is 1. The molecule has 6 nitrogen and oxygen atoms in total. The van der Waals surface area contributed by atoms with Crippen LogP contribution >= 0.6 is 23.5 Å². The molecule has 0 saturated heterocycles. The van der Waals surface area contributed by atoms with Crippen molar-refractivity contribution in [2.24, 2.45) is 0 Å². The molecule has 172 valence electrons. The zero-order valence-electron chi connectivity index (χ0n) is 18.7. The fraction of sp³-hybridized carbons (Fsp3) is 0.192. The van der Waals surface area contributed by atoms with Crippen LogP contribution in [0.1, 0.15) is 25.3 Å². The second-order valence-corrected chi connectivity index (χ2v) is 9.39. The number of fused-ring (bicyclic) bond motifs is 1. The number of rotatable bonds is 6. The van der Waals surface area contributed by atoms with Gasteiger partial charge in [0.2, 0.25) is 5.91 Å². The van der Waals surface area contributed by atoms with Crippen LogP contribution in [0.15, 0.2) is 78.1 Å². The number of carbonyl (C=O) groups excluding carboxylic acids is 1. The van der Waals surface area contributed by atoms with Crippen molar-refractivity contribution in [3.05, 3.63) is 83.8 Å². The van der Waals surface area contributed by atoms with Crippen LogP contribution in [0.3, 0.4) is 0 Å². The Morgan fingerprint density at radius 3 is 2.62 bits per heavy atom. The summed E-state index contributed by atoms with van der Waals surface area (Å²) in [5.41, 5.74) is 6.25. The molecule has 0 atom stereocenters. The predicted molar refractivity (Wildman–Crippen MR) is 139 cm³/mol. The number of halogens is 1. The molecule has 34 heavy (non-hydrogen) atoms. The van der Waals surface area contributed by atoms with E-state index in [1.807, 2.05) is 58.9 Å². The van der Waals surface area contributed by atoms with Crippen molar-refractivity contribution in [3.63, 3.8) is 0 Å². The minimum Gasteiger partial charge on any atom is -0.339 e. The first kappa shape index (κ1) is 22.5. The van der Waals surface area contributed by atoms with Gasteiger partial charge in [0.1, 0.15) is 6.33 Å². The number of nitrogens with one attached hydrogen (secondary N) is 1. The fourth-order valence-corrected chi connectivity index (χ4v) is 4.80. The van der Waals surface area contributed by atoms with E-state index in [1.54, 1.807) is 6.33 Å². The first-order valence-electron chi connectivity index (χ1n) is 11.2. The summed E-state index contributed by atoms with van der Waals surface area (Å²) in [5.74, 6) is 0.204. The van der Waals surface area contributed by atoms with Crippen molar-refractivity contribution in [1.82, 2.24) is 19.5 Å². The third-order valence-corrected chi connectivity index (χ3v) is 7.00. The Morgan fingerprint density at radius 1 is 1.12 bits per heavy atom. The summed E-state index contributed by atoms with van der Waals surface area (Å²) in [5, 5.41) is 5.14. The summed E-state index contributed by atoms with van der Waals surface area (Å²) in [6.45, 7) is 3.32. The van der Waals surface area contributed by atoms with Crippen LogP contribution in [0.2, 0.25) is 5.02 Å². The summed E-state index contributed by atoms with van der Waals surface area (Å²) in [6, 6.07) is 18.1. The lowest BCUT2D eigenvalue weighted by atomic mass is 10.0. The summed E-state index contributed by atoms with van der Waals surface area (Å²) in [7, 11) is 0. The van der Waals surface area contributed by atoms with E-state index in [0.29, 0.717) is 13.0 Å². The number of amides is 1. The van der Waals surface area contributed by atoms with E-state index >= 15 is 0 Å². The fourth-order valence-electron chi connectivity index (χ4n) is 4.03. The molecule has 0 unspecified atom stereocenters. The van der Waals surface area contributed by atoms with Crippen LogP contribution in [0, 0.1) is 0 Å². The molecule has 0 fully saturated rings. The molecule has 2 aromatic heterocycles. The molecule has 1 N–H and O–H groups in total. The van der Waals surface area contributed by atoms with Crippen molar-refractivity contribution in [2.45, 2.75) is 24.7 Å². The van der Waals surface area contributed by atoms with E-state index in [9.17, 15) is 4.79 Å². The highest BCUT2D eigenvalue weighted by Crippen LogP contribution is 2.30. The van der Waals surface area contributed by atoms with Crippen molar-refractivity contribution in [2.75, 3.05) is 17.8 Å². The smallest absolute Gasteiger partial charge is 0.222 e. The van der Waals surface area contributed by atoms with E-state index in [-0.39, 0.29) is 5.91 Å². The van der Waals surface area contributed by atoms with Crippen molar-refractivity contribution in [1.29, 1.82) is 0 Å². The number of nitrogens with zero attached hydrogens (tertiary/aromatic N) is 4. The Kier molecular flexibility index (Phi) is 6.56. The van der Waals surface area contributed by atoms with Crippen molar-refractivity contribution < 1.29 is 4.79 Å². The topological polar surface area (TPSA) is 62.5 Å². The molecule has 1 amide bonds. The molecule has 0 radical (unpaired) electrons. The average Bonchev–Trinajstić information content (AvgIpc) is 3.33. The van der Waals surface area contributed by atoms with Crippen LogP contribution in [-0.2, 0) is 4.79 Å². The van der Waals surface area contributed by atoms with Gasteiger partial charge in [0.05, 0.1) is 11.2 Å². The van der Waals surface area contributed by atoms with E-state index in [2.05, 4.69) is 39.1 Å². The maximum atomic E-state index is 12.0. The lowest BCUT2D eigenvalue weighted by molar-refractivity contribution is -0.130. The molecule has 0 saturated carbocycles. The Morgan fingerprint density at radius 2 is 1.91 bits per heavy atom. The summed E-state index contributed by atoms with van der Waals surface area (Å²) < 4.78 is 5.24. The van der Waals surface area contributed by atoms with Crippen molar-refractivity contribution >= 4 is 46.2 Å². The molecule has 0 aliphatic carbocycles. The molecule has 0 spiro atoms. The molecule has 1 aliphatic rings. The average molecular weight is 490 g/mol. The third kappa shape index (κ3) is 4.81. The maximum absolute atomic E-state index is 12.0. The molecule has 1 aliphatic heterocycles. The Bertz CT molecular complexity index is 1350. The minimum absolute atomic E-state index is 0.204. The Labute approximate surface area is 207 Å². The van der Waals surface area contributed by atoms with Crippen LogP contribution in [0.4, 0.5) is 5.69 Å². The largest absolute Gasteiger partial charge is 0.339 e. The molecule has 5 rings (SSSR count). The highest BCUT2D eigenvalue weighted by Gasteiger charge is 2.18. The first-order valence-corrected chi connectivity index (χ1v) is 12.4. The number of anilines is 1. The Hall–Kier alpha value is -3.29. The van der Waals surface area contributed by atoms with E-state index in [1.165, 1.54) is 17.5 Å². The van der Waals surface area contributed by atoms with Crippen LogP contribution in [-0.4, -0.2) is 38.5 Å².